The predicted molar refractivity (Wildman–Crippen MR) is 107 cm³/mol. The molecule has 0 radical (unpaired) electrons. The number of hydrogen-bond donors (Lipinski definition) is 2. The monoisotopic (exact) mass is 402 g/mol. The van der Waals surface area contributed by atoms with Crippen LogP contribution in [0.5, 0.6) is 11.5 Å². The second-order valence-corrected chi connectivity index (χ2v) is 7.47. The average molecular weight is 403 g/mol. The molecule has 1 fully saturated rings. The third-order valence-electron chi connectivity index (χ3n) is 4.66. The van der Waals surface area contributed by atoms with E-state index < -0.39 is 11.3 Å². The van der Waals surface area contributed by atoms with Crippen molar-refractivity contribution in [1.29, 1.82) is 0 Å². The molecule has 2 amide bonds. The lowest BCUT2D eigenvalue weighted by Crippen LogP contribution is -2.46. The lowest BCUT2D eigenvalue weighted by Gasteiger charge is -2.17. The van der Waals surface area contributed by atoms with Gasteiger partial charge in [0.25, 0.3) is 5.91 Å². The number of nitrogens with one attached hydrogen (secondary N) is 2. The van der Waals surface area contributed by atoms with E-state index in [4.69, 9.17) is 21.1 Å². The zero-order valence-corrected chi connectivity index (χ0v) is 16.8. The summed E-state index contributed by atoms with van der Waals surface area (Å²) in [6, 6.07) is 12.1. The van der Waals surface area contributed by atoms with Gasteiger partial charge in [-0.05, 0) is 62.6 Å². The van der Waals surface area contributed by atoms with E-state index in [-0.39, 0.29) is 12.0 Å². The van der Waals surface area contributed by atoms with Crippen molar-refractivity contribution in [3.63, 3.8) is 0 Å². The van der Waals surface area contributed by atoms with E-state index in [0.717, 1.165) is 18.4 Å². The lowest BCUT2D eigenvalue weighted by atomic mass is 9.95. The Morgan fingerprint density at radius 3 is 2.29 bits per heavy atom. The number of rotatable bonds is 6. The van der Waals surface area contributed by atoms with Crippen molar-refractivity contribution in [2.75, 3.05) is 7.11 Å². The van der Waals surface area contributed by atoms with E-state index in [2.05, 4.69) is 10.9 Å². The summed E-state index contributed by atoms with van der Waals surface area (Å²) in [6.07, 6.45) is 1.44. The predicted octanol–water partition coefficient (Wildman–Crippen LogP) is 3.63. The molecule has 0 bridgehead atoms. The topological polar surface area (TPSA) is 76.7 Å². The minimum Gasteiger partial charge on any atom is -0.493 e. The van der Waals surface area contributed by atoms with Crippen LogP contribution < -0.4 is 20.3 Å². The van der Waals surface area contributed by atoms with Crippen LogP contribution >= 0.6 is 11.6 Å². The Labute approximate surface area is 169 Å². The van der Waals surface area contributed by atoms with E-state index >= 15 is 0 Å². The molecule has 0 aromatic heterocycles. The van der Waals surface area contributed by atoms with Gasteiger partial charge >= 0.3 is 0 Å². The van der Waals surface area contributed by atoms with Crippen molar-refractivity contribution in [2.45, 2.75) is 38.2 Å². The van der Waals surface area contributed by atoms with Gasteiger partial charge in [0, 0.05) is 10.6 Å². The van der Waals surface area contributed by atoms with E-state index in [1.165, 1.54) is 7.11 Å². The summed E-state index contributed by atoms with van der Waals surface area (Å²) in [5, 5.41) is 0.618. The van der Waals surface area contributed by atoms with E-state index in [1.54, 1.807) is 30.3 Å². The largest absolute Gasteiger partial charge is 0.493 e. The third kappa shape index (κ3) is 4.22. The van der Waals surface area contributed by atoms with Crippen LogP contribution in [0.1, 0.15) is 42.6 Å². The highest BCUT2D eigenvalue weighted by Crippen LogP contribution is 2.48. The van der Waals surface area contributed by atoms with Crippen LogP contribution in [0.4, 0.5) is 0 Å². The molecule has 0 saturated heterocycles. The highest BCUT2D eigenvalue weighted by Gasteiger charge is 2.51. The zero-order chi connectivity index (χ0) is 20.3. The Bertz CT molecular complexity index is 876. The molecule has 2 N–H and O–H groups in total. The van der Waals surface area contributed by atoms with Crippen molar-refractivity contribution >= 4 is 23.4 Å². The fourth-order valence-corrected chi connectivity index (χ4v) is 3.13. The highest BCUT2D eigenvalue weighted by atomic mass is 35.5. The van der Waals surface area contributed by atoms with Crippen molar-refractivity contribution in [3.8, 4) is 11.5 Å². The number of hydrogen-bond acceptors (Lipinski definition) is 4. The van der Waals surface area contributed by atoms with Crippen molar-refractivity contribution in [3.05, 3.63) is 58.6 Å². The van der Waals surface area contributed by atoms with E-state index in [9.17, 15) is 9.59 Å². The van der Waals surface area contributed by atoms with Gasteiger partial charge in [0.2, 0.25) is 5.91 Å². The number of carbonyl (C=O) groups excluding carboxylic acids is 2. The molecule has 0 aliphatic heterocycles. The summed E-state index contributed by atoms with van der Waals surface area (Å²) in [4.78, 5) is 25.1. The molecule has 0 unspecified atom stereocenters. The molecule has 1 aliphatic rings. The first-order chi connectivity index (χ1) is 13.4. The van der Waals surface area contributed by atoms with Gasteiger partial charge in [-0.3, -0.25) is 20.4 Å². The van der Waals surface area contributed by atoms with Gasteiger partial charge in [0.1, 0.15) is 0 Å². The minimum absolute atomic E-state index is 0.0181. The van der Waals surface area contributed by atoms with Gasteiger partial charge in [-0.15, -0.1) is 0 Å². The molecule has 1 aliphatic carbocycles. The molecule has 0 spiro atoms. The summed E-state index contributed by atoms with van der Waals surface area (Å²) in [7, 11) is 1.51. The number of carbonyl (C=O) groups is 2. The molecular formula is C21H23ClN2O4. The third-order valence-corrected chi connectivity index (χ3v) is 4.91. The number of ether oxygens (including phenoxy) is 2. The molecule has 28 heavy (non-hydrogen) atoms. The molecule has 0 heterocycles. The summed E-state index contributed by atoms with van der Waals surface area (Å²) in [5.41, 5.74) is 5.65. The molecule has 6 nitrogen and oxygen atoms in total. The standard InChI is InChI=1S/C21H23ClN2O4/c1-13(2)28-17-9-4-14(12-18(17)27-3)19(25)23-24-20(26)21(10-11-21)15-5-7-16(22)8-6-15/h4-9,12-13H,10-11H2,1-3H3,(H,23,25)(H,24,26). The van der Waals surface area contributed by atoms with Gasteiger partial charge < -0.3 is 9.47 Å². The fourth-order valence-electron chi connectivity index (χ4n) is 3.01. The normalized spacial score (nSPS) is 14.3. The van der Waals surface area contributed by atoms with Crippen molar-refractivity contribution < 1.29 is 19.1 Å². The SMILES string of the molecule is COc1cc(C(=O)NNC(=O)C2(c3ccc(Cl)cc3)CC2)ccc1OC(C)C. The van der Waals surface area contributed by atoms with E-state index in [1.807, 2.05) is 26.0 Å². The second-order valence-electron chi connectivity index (χ2n) is 7.03. The van der Waals surface area contributed by atoms with Crippen LogP contribution in [0.2, 0.25) is 5.02 Å². The first-order valence-electron chi connectivity index (χ1n) is 9.07. The number of halogens is 1. The Morgan fingerprint density at radius 1 is 1.04 bits per heavy atom. The molecule has 3 rings (SSSR count). The maximum atomic E-state index is 12.6. The Balaban J connectivity index is 1.65. The second kappa shape index (κ2) is 8.10. The molecule has 2 aromatic rings. The maximum Gasteiger partial charge on any atom is 0.269 e. The number of benzene rings is 2. The Morgan fingerprint density at radius 2 is 1.71 bits per heavy atom. The van der Waals surface area contributed by atoms with Gasteiger partial charge in [-0.1, -0.05) is 23.7 Å². The first-order valence-corrected chi connectivity index (χ1v) is 9.45. The fraction of sp³-hybridized carbons (Fsp3) is 0.333. The molecule has 2 aromatic carbocycles. The number of amides is 2. The quantitative estimate of drug-likeness (QED) is 0.723. The molecular weight excluding hydrogens is 380 g/mol. The summed E-state index contributed by atoms with van der Waals surface area (Å²) < 4.78 is 10.9. The smallest absolute Gasteiger partial charge is 0.269 e. The Kier molecular flexibility index (Phi) is 5.79. The van der Waals surface area contributed by atoms with Crippen LogP contribution in [0.3, 0.4) is 0 Å². The summed E-state index contributed by atoms with van der Waals surface area (Å²) in [5.74, 6) is 0.329. The molecule has 1 saturated carbocycles. The van der Waals surface area contributed by atoms with Gasteiger partial charge in [0.05, 0.1) is 18.6 Å². The first kappa shape index (κ1) is 20.0. The maximum absolute atomic E-state index is 12.6. The number of methoxy groups -OCH3 is 1. The molecule has 0 atom stereocenters. The number of hydrazine groups is 1. The average Bonchev–Trinajstić information content (AvgIpc) is 3.48. The minimum atomic E-state index is -0.607. The van der Waals surface area contributed by atoms with Crippen LogP contribution in [-0.4, -0.2) is 25.0 Å². The summed E-state index contributed by atoms with van der Waals surface area (Å²) in [6.45, 7) is 3.81. The zero-order valence-electron chi connectivity index (χ0n) is 16.0. The van der Waals surface area contributed by atoms with Crippen molar-refractivity contribution in [1.82, 2.24) is 10.9 Å². The molecule has 148 valence electrons. The van der Waals surface area contributed by atoms with E-state index in [0.29, 0.717) is 22.1 Å². The van der Waals surface area contributed by atoms with Crippen LogP contribution in [0, 0.1) is 0 Å². The molecule has 7 heteroatoms. The Hall–Kier alpha value is -2.73. The van der Waals surface area contributed by atoms with Gasteiger partial charge in [0.15, 0.2) is 11.5 Å². The lowest BCUT2D eigenvalue weighted by molar-refractivity contribution is -0.124. The van der Waals surface area contributed by atoms with Gasteiger partial charge in [-0.25, -0.2) is 0 Å². The van der Waals surface area contributed by atoms with Gasteiger partial charge in [-0.2, -0.15) is 0 Å². The van der Waals surface area contributed by atoms with Crippen LogP contribution in [0.25, 0.3) is 0 Å². The van der Waals surface area contributed by atoms with Crippen LogP contribution in [-0.2, 0) is 10.2 Å². The van der Waals surface area contributed by atoms with Crippen molar-refractivity contribution in [2.24, 2.45) is 0 Å². The highest BCUT2D eigenvalue weighted by molar-refractivity contribution is 6.30. The summed E-state index contributed by atoms with van der Waals surface area (Å²) >= 11 is 5.92. The van der Waals surface area contributed by atoms with Crippen LogP contribution in [0.15, 0.2) is 42.5 Å².